The van der Waals surface area contributed by atoms with Gasteiger partial charge in [-0.3, -0.25) is 4.99 Å². The molecule has 1 atom stereocenters. The molecule has 0 spiro atoms. The molecule has 2 aromatic rings. The minimum Gasteiger partial charge on any atom is -0.355 e. The van der Waals surface area contributed by atoms with Crippen LogP contribution in [0.2, 0.25) is 0 Å². The number of guanidine groups is 1. The van der Waals surface area contributed by atoms with Gasteiger partial charge >= 0.3 is 6.03 Å². The van der Waals surface area contributed by atoms with Crippen molar-refractivity contribution in [2.75, 3.05) is 18.9 Å². The van der Waals surface area contributed by atoms with Crippen molar-refractivity contribution in [1.29, 1.82) is 0 Å². The fraction of sp³-hybridized carbons (Fsp3) is 0.364. The molecule has 0 aromatic heterocycles. The molecule has 0 aliphatic carbocycles. The summed E-state index contributed by atoms with van der Waals surface area (Å²) >= 11 is 1.84. The summed E-state index contributed by atoms with van der Waals surface area (Å²) in [6.45, 7) is 7.51. The van der Waals surface area contributed by atoms with Crippen molar-refractivity contribution in [3.63, 3.8) is 0 Å². The SMILES string of the molecule is CN=C(NCc1ccc(NC(=O)NC(C)C)cc1)NCC(C)Sc1ccccc1. The molecule has 29 heavy (non-hydrogen) atoms. The van der Waals surface area contributed by atoms with E-state index >= 15 is 0 Å². The third-order valence-electron chi connectivity index (χ3n) is 3.95. The normalized spacial score (nSPS) is 12.4. The van der Waals surface area contributed by atoms with E-state index in [1.54, 1.807) is 7.05 Å². The lowest BCUT2D eigenvalue weighted by atomic mass is 10.2. The number of carbonyl (C=O) groups is 1. The highest BCUT2D eigenvalue weighted by Gasteiger charge is 2.06. The number of amides is 2. The maximum atomic E-state index is 11.7. The van der Waals surface area contributed by atoms with Crippen LogP contribution in [0, 0.1) is 0 Å². The Morgan fingerprint density at radius 1 is 1.00 bits per heavy atom. The number of nitrogens with one attached hydrogen (secondary N) is 4. The second kappa shape index (κ2) is 12.0. The van der Waals surface area contributed by atoms with Gasteiger partial charge in [0.2, 0.25) is 0 Å². The molecule has 0 bridgehead atoms. The first-order valence-electron chi connectivity index (χ1n) is 9.79. The van der Waals surface area contributed by atoms with Crippen molar-refractivity contribution in [2.24, 2.45) is 4.99 Å². The Balaban J connectivity index is 1.75. The highest BCUT2D eigenvalue weighted by Crippen LogP contribution is 2.21. The molecule has 2 amide bonds. The van der Waals surface area contributed by atoms with Crippen molar-refractivity contribution in [3.8, 4) is 0 Å². The first-order valence-corrected chi connectivity index (χ1v) is 10.7. The fourth-order valence-electron chi connectivity index (χ4n) is 2.56. The predicted octanol–water partition coefficient (Wildman–Crippen LogP) is 4.06. The smallest absolute Gasteiger partial charge is 0.319 e. The summed E-state index contributed by atoms with van der Waals surface area (Å²) in [6.07, 6.45) is 0. The lowest BCUT2D eigenvalue weighted by Crippen LogP contribution is -2.39. The van der Waals surface area contributed by atoms with E-state index in [-0.39, 0.29) is 12.1 Å². The number of hydrogen-bond acceptors (Lipinski definition) is 3. The molecule has 1 unspecified atom stereocenters. The number of thioether (sulfide) groups is 1. The minimum absolute atomic E-state index is 0.103. The first-order chi connectivity index (χ1) is 14.0. The number of nitrogens with zero attached hydrogens (tertiary/aromatic N) is 1. The van der Waals surface area contributed by atoms with Gasteiger partial charge in [0.15, 0.2) is 5.96 Å². The van der Waals surface area contributed by atoms with Crippen molar-refractivity contribution in [3.05, 3.63) is 60.2 Å². The molecule has 7 heteroatoms. The van der Waals surface area contributed by atoms with Crippen molar-refractivity contribution in [2.45, 2.75) is 43.5 Å². The maximum Gasteiger partial charge on any atom is 0.319 e. The summed E-state index contributed by atoms with van der Waals surface area (Å²) in [4.78, 5) is 17.3. The highest BCUT2D eigenvalue weighted by molar-refractivity contribution is 8.00. The van der Waals surface area contributed by atoms with E-state index in [2.05, 4.69) is 57.4 Å². The lowest BCUT2D eigenvalue weighted by molar-refractivity contribution is 0.250. The number of urea groups is 1. The molecular weight excluding hydrogens is 382 g/mol. The second-order valence-electron chi connectivity index (χ2n) is 7.00. The van der Waals surface area contributed by atoms with Crippen LogP contribution in [0.15, 0.2) is 64.5 Å². The average Bonchev–Trinajstić information content (AvgIpc) is 2.69. The molecule has 0 fully saturated rings. The summed E-state index contributed by atoms with van der Waals surface area (Å²) in [7, 11) is 1.77. The number of hydrogen-bond donors (Lipinski definition) is 4. The molecule has 0 saturated heterocycles. The van der Waals surface area contributed by atoms with E-state index in [0.717, 1.165) is 23.8 Å². The first kappa shape index (κ1) is 22.6. The zero-order valence-electron chi connectivity index (χ0n) is 17.5. The summed E-state index contributed by atoms with van der Waals surface area (Å²) in [5.74, 6) is 0.768. The van der Waals surface area contributed by atoms with Crippen LogP contribution in [-0.2, 0) is 6.54 Å². The van der Waals surface area contributed by atoms with Gasteiger partial charge in [0.05, 0.1) is 0 Å². The number of benzene rings is 2. The van der Waals surface area contributed by atoms with Gasteiger partial charge in [-0.25, -0.2) is 4.79 Å². The zero-order chi connectivity index (χ0) is 21.1. The Morgan fingerprint density at radius 3 is 2.31 bits per heavy atom. The Hall–Kier alpha value is -2.67. The van der Waals surface area contributed by atoms with E-state index in [1.165, 1.54) is 4.90 Å². The van der Waals surface area contributed by atoms with Crippen molar-refractivity contribution < 1.29 is 4.79 Å². The van der Waals surface area contributed by atoms with E-state index in [0.29, 0.717) is 11.8 Å². The number of rotatable bonds is 8. The molecule has 6 nitrogen and oxygen atoms in total. The van der Waals surface area contributed by atoms with Gasteiger partial charge in [-0.2, -0.15) is 0 Å². The monoisotopic (exact) mass is 413 g/mol. The quantitative estimate of drug-likeness (QED) is 0.299. The van der Waals surface area contributed by atoms with Gasteiger partial charge in [-0.05, 0) is 43.7 Å². The van der Waals surface area contributed by atoms with E-state index in [9.17, 15) is 4.79 Å². The zero-order valence-corrected chi connectivity index (χ0v) is 18.3. The molecule has 156 valence electrons. The lowest BCUT2D eigenvalue weighted by Gasteiger charge is -2.16. The Kier molecular flexibility index (Phi) is 9.37. The van der Waals surface area contributed by atoms with Gasteiger partial charge in [0.1, 0.15) is 0 Å². The fourth-order valence-corrected chi connectivity index (χ4v) is 3.50. The van der Waals surface area contributed by atoms with E-state index in [4.69, 9.17) is 0 Å². The molecule has 4 N–H and O–H groups in total. The third-order valence-corrected chi connectivity index (χ3v) is 5.07. The van der Waals surface area contributed by atoms with Gasteiger partial charge < -0.3 is 21.3 Å². The summed E-state index contributed by atoms with van der Waals surface area (Å²) in [6, 6.07) is 18.1. The molecule has 0 aliphatic heterocycles. The minimum atomic E-state index is -0.196. The summed E-state index contributed by atoms with van der Waals surface area (Å²) < 4.78 is 0. The predicted molar refractivity (Wildman–Crippen MR) is 124 cm³/mol. The highest BCUT2D eigenvalue weighted by atomic mass is 32.2. The van der Waals surface area contributed by atoms with Crippen LogP contribution in [0.5, 0.6) is 0 Å². The van der Waals surface area contributed by atoms with Crippen molar-refractivity contribution in [1.82, 2.24) is 16.0 Å². The standard InChI is InChI=1S/C22H31N5OS/c1-16(2)26-22(28)27-19-12-10-18(11-13-19)15-25-21(23-4)24-14-17(3)29-20-8-6-5-7-9-20/h5-13,16-17H,14-15H2,1-4H3,(H2,23,24,25)(H2,26,27,28). The van der Waals surface area contributed by atoms with Crippen LogP contribution in [-0.4, -0.2) is 36.9 Å². The van der Waals surface area contributed by atoms with Crippen LogP contribution in [0.4, 0.5) is 10.5 Å². The molecule has 0 aliphatic rings. The van der Waals surface area contributed by atoms with Gasteiger partial charge in [-0.15, -0.1) is 11.8 Å². The van der Waals surface area contributed by atoms with Crippen LogP contribution >= 0.6 is 11.8 Å². The van der Waals surface area contributed by atoms with Gasteiger partial charge in [0.25, 0.3) is 0 Å². The largest absolute Gasteiger partial charge is 0.355 e. The number of anilines is 1. The van der Waals surface area contributed by atoms with Crippen LogP contribution < -0.4 is 21.3 Å². The molecule has 0 radical (unpaired) electrons. The molecular formula is C22H31N5OS. The topological polar surface area (TPSA) is 77.5 Å². The third kappa shape index (κ3) is 8.91. The summed E-state index contributed by atoms with van der Waals surface area (Å²) in [5.41, 5.74) is 1.87. The molecule has 2 rings (SSSR count). The Morgan fingerprint density at radius 2 is 1.69 bits per heavy atom. The van der Waals surface area contributed by atoms with Crippen LogP contribution in [0.1, 0.15) is 26.3 Å². The maximum absolute atomic E-state index is 11.7. The molecule has 0 heterocycles. The van der Waals surface area contributed by atoms with Gasteiger partial charge in [-0.1, -0.05) is 37.3 Å². The average molecular weight is 414 g/mol. The Labute approximate surface area is 178 Å². The number of carbonyl (C=O) groups excluding carboxylic acids is 1. The number of aliphatic imine (C=N–C) groups is 1. The second-order valence-corrected chi connectivity index (χ2v) is 8.51. The molecule has 2 aromatic carbocycles. The molecule has 0 saturated carbocycles. The van der Waals surface area contributed by atoms with Crippen LogP contribution in [0.25, 0.3) is 0 Å². The van der Waals surface area contributed by atoms with Crippen LogP contribution in [0.3, 0.4) is 0 Å². The van der Waals surface area contributed by atoms with E-state index in [1.807, 2.05) is 55.9 Å². The van der Waals surface area contributed by atoms with E-state index < -0.39 is 0 Å². The summed E-state index contributed by atoms with van der Waals surface area (Å²) in [5, 5.41) is 12.7. The van der Waals surface area contributed by atoms with Crippen molar-refractivity contribution >= 4 is 29.4 Å². The Bertz CT molecular complexity index is 778. The van der Waals surface area contributed by atoms with Gasteiger partial charge in [0, 0.05) is 42.0 Å².